The number of nitrogen functional groups attached to an aromatic ring is 1. The Morgan fingerprint density at radius 1 is 1.52 bits per heavy atom. The van der Waals surface area contributed by atoms with Gasteiger partial charge in [-0.3, -0.25) is 14.1 Å². The van der Waals surface area contributed by atoms with E-state index in [1.54, 1.807) is 0 Å². The number of anilines is 1. The van der Waals surface area contributed by atoms with E-state index in [4.69, 9.17) is 10.3 Å². The molecule has 13 nitrogen and oxygen atoms in total. The summed E-state index contributed by atoms with van der Waals surface area (Å²) in [7, 11) is -3.86. The summed E-state index contributed by atoms with van der Waals surface area (Å²) in [5.41, 5.74) is 5.19. The summed E-state index contributed by atoms with van der Waals surface area (Å²) in [5, 5.41) is 7.21. The van der Waals surface area contributed by atoms with Crippen molar-refractivity contribution in [3.05, 3.63) is 11.1 Å². The number of amides is 2. The molecule has 4 N–H and O–H groups in total. The Kier molecular flexibility index (Phi) is 5.97. The first-order chi connectivity index (χ1) is 12.6. The Balaban J connectivity index is 2.27. The average Bonchev–Trinajstić information content (AvgIpc) is 2.99. The molecule has 1 aliphatic heterocycles. The second kappa shape index (κ2) is 7.85. The largest absolute Gasteiger partial charge is 0.464 e. The van der Waals surface area contributed by atoms with Crippen LogP contribution in [0.25, 0.3) is 0 Å². The highest BCUT2D eigenvalue weighted by molar-refractivity contribution is 7.84. The van der Waals surface area contributed by atoms with Gasteiger partial charge in [-0.15, -0.1) is 11.3 Å². The number of hydrogen-bond acceptors (Lipinski definition) is 11. The zero-order valence-electron chi connectivity index (χ0n) is 14.0. The average molecular weight is 421 g/mol. The molecule has 2 atom stereocenters. The molecule has 15 heteroatoms. The lowest BCUT2D eigenvalue weighted by molar-refractivity contribution is -0.163. The first-order valence-corrected chi connectivity index (χ1v) is 9.50. The van der Waals surface area contributed by atoms with Gasteiger partial charge >= 0.3 is 16.3 Å². The van der Waals surface area contributed by atoms with Crippen molar-refractivity contribution in [3.63, 3.8) is 0 Å². The molecule has 0 spiro atoms. The van der Waals surface area contributed by atoms with Gasteiger partial charge in [-0.2, -0.15) is 12.7 Å². The van der Waals surface area contributed by atoms with E-state index in [9.17, 15) is 22.8 Å². The Bertz CT molecular complexity index is 895. The highest BCUT2D eigenvalue weighted by Crippen LogP contribution is 2.25. The molecular formula is C12H15N5O8S2. The monoisotopic (exact) mass is 421 g/mol. The third kappa shape index (κ3) is 4.15. The number of carbonyl (C=O) groups is 3. The summed E-state index contributed by atoms with van der Waals surface area (Å²) in [6.07, 6.45) is 0. The van der Waals surface area contributed by atoms with Crippen molar-refractivity contribution in [2.45, 2.75) is 19.0 Å². The fourth-order valence-corrected chi connectivity index (χ4v) is 3.61. The number of ether oxygens (including phenoxy) is 1. The van der Waals surface area contributed by atoms with Crippen LogP contribution in [0.5, 0.6) is 0 Å². The van der Waals surface area contributed by atoms with E-state index in [-0.39, 0.29) is 27.4 Å². The number of esters is 1. The molecular weight excluding hydrogens is 406 g/mol. The normalized spacial score (nSPS) is 20.0. The van der Waals surface area contributed by atoms with Crippen LogP contribution in [0.1, 0.15) is 12.6 Å². The van der Waals surface area contributed by atoms with Crippen molar-refractivity contribution in [1.82, 2.24) is 14.6 Å². The van der Waals surface area contributed by atoms with Gasteiger partial charge in [0.1, 0.15) is 18.8 Å². The van der Waals surface area contributed by atoms with Crippen molar-refractivity contribution < 1.29 is 36.9 Å². The Morgan fingerprint density at radius 3 is 2.67 bits per heavy atom. The van der Waals surface area contributed by atoms with Crippen molar-refractivity contribution in [3.8, 4) is 0 Å². The third-order valence-electron chi connectivity index (χ3n) is 3.28. The van der Waals surface area contributed by atoms with Crippen molar-refractivity contribution in [2.24, 2.45) is 5.16 Å². The Labute approximate surface area is 157 Å². The summed E-state index contributed by atoms with van der Waals surface area (Å²) in [5.74, 6) is -3.33. The number of nitrogens with zero attached hydrogens (tertiary/aromatic N) is 3. The predicted molar refractivity (Wildman–Crippen MR) is 90.8 cm³/mol. The van der Waals surface area contributed by atoms with Gasteiger partial charge < -0.3 is 20.6 Å². The van der Waals surface area contributed by atoms with Crippen LogP contribution in [0.4, 0.5) is 5.13 Å². The summed E-state index contributed by atoms with van der Waals surface area (Å²) in [6.45, 7) is 1.34. The molecule has 1 saturated heterocycles. The van der Waals surface area contributed by atoms with Gasteiger partial charge in [-0.1, -0.05) is 5.16 Å². The fraction of sp³-hybridized carbons (Fsp3) is 0.417. The van der Waals surface area contributed by atoms with Crippen molar-refractivity contribution in [1.29, 1.82) is 0 Å². The molecule has 1 aromatic rings. The van der Waals surface area contributed by atoms with Gasteiger partial charge in [0.05, 0.1) is 6.61 Å². The van der Waals surface area contributed by atoms with Crippen LogP contribution >= 0.6 is 11.3 Å². The highest BCUT2D eigenvalue weighted by Gasteiger charge is 2.58. The van der Waals surface area contributed by atoms with Crippen LogP contribution in [0.2, 0.25) is 0 Å². The van der Waals surface area contributed by atoms with Gasteiger partial charge in [0, 0.05) is 5.38 Å². The molecule has 27 heavy (non-hydrogen) atoms. The number of carbonyl (C=O) groups excluding carboxylic acids is 3. The molecule has 0 radical (unpaired) electrons. The van der Waals surface area contributed by atoms with Crippen LogP contribution in [0.3, 0.4) is 0 Å². The lowest BCUT2D eigenvalue weighted by Gasteiger charge is -2.42. The summed E-state index contributed by atoms with van der Waals surface area (Å²) in [6, 6.07) is -3.36. The van der Waals surface area contributed by atoms with Gasteiger partial charge in [0.25, 0.3) is 11.8 Å². The SMILES string of the molecule is CCOC(=O)C1C(NC(=O)C(=NOC)c2csc(N)n2)C(=O)N1S(=O)(=O)O. The number of β-lactam (4-membered cyclic amide) rings is 1. The molecule has 0 aliphatic carbocycles. The highest BCUT2D eigenvalue weighted by atomic mass is 32.2. The molecule has 1 aliphatic rings. The number of nitrogens with two attached hydrogens (primary N) is 1. The number of thiazole rings is 1. The molecule has 2 rings (SSSR count). The molecule has 2 amide bonds. The number of rotatable bonds is 7. The maximum Gasteiger partial charge on any atom is 0.363 e. The molecule has 2 heterocycles. The van der Waals surface area contributed by atoms with Crippen molar-refractivity contribution >= 4 is 50.3 Å². The van der Waals surface area contributed by atoms with Crippen LogP contribution < -0.4 is 11.1 Å². The van der Waals surface area contributed by atoms with Crippen LogP contribution in [-0.2, 0) is 34.3 Å². The zero-order chi connectivity index (χ0) is 20.4. The van der Waals surface area contributed by atoms with Gasteiger partial charge in [-0.25, -0.2) is 9.78 Å². The molecule has 148 valence electrons. The number of hydrogen-bond donors (Lipinski definition) is 3. The van der Waals surface area contributed by atoms with Crippen molar-refractivity contribution in [2.75, 3.05) is 19.5 Å². The number of oxime groups is 1. The minimum absolute atomic E-state index is 0.0444. The second-order valence-electron chi connectivity index (χ2n) is 4.95. The topological polar surface area (TPSA) is 191 Å². The van der Waals surface area contributed by atoms with E-state index >= 15 is 0 Å². The van der Waals surface area contributed by atoms with Gasteiger partial charge in [-0.05, 0) is 6.92 Å². The molecule has 0 bridgehead atoms. The lowest BCUT2D eigenvalue weighted by Crippen LogP contribution is -2.75. The number of aromatic nitrogens is 1. The third-order valence-corrected chi connectivity index (χ3v) is 4.86. The molecule has 1 aromatic heterocycles. The van der Waals surface area contributed by atoms with E-state index in [1.807, 2.05) is 0 Å². The minimum atomic E-state index is -5.03. The summed E-state index contributed by atoms with van der Waals surface area (Å²) >= 11 is 1.02. The van der Waals surface area contributed by atoms with E-state index < -0.39 is 40.2 Å². The van der Waals surface area contributed by atoms with E-state index in [2.05, 4.69) is 25.0 Å². The smallest absolute Gasteiger partial charge is 0.363 e. The molecule has 0 aromatic carbocycles. The maximum absolute atomic E-state index is 12.4. The lowest BCUT2D eigenvalue weighted by atomic mass is 9.98. The standard InChI is InChI=1S/C12H15N5O8S2/c1-3-25-11(20)8-7(10(19)17(8)27(21,22)23)15-9(18)6(16-24-2)5-4-26-12(13)14-5/h4,7-8H,3H2,1-2H3,(H2,13,14)(H,15,18)(H,21,22,23). The van der Waals surface area contributed by atoms with Crippen LogP contribution in [0, 0.1) is 0 Å². The maximum atomic E-state index is 12.4. The number of nitrogens with one attached hydrogen (secondary N) is 1. The molecule has 2 unspecified atom stereocenters. The zero-order valence-corrected chi connectivity index (χ0v) is 15.6. The van der Waals surface area contributed by atoms with E-state index in [1.165, 1.54) is 19.4 Å². The van der Waals surface area contributed by atoms with Gasteiger partial charge in [0.15, 0.2) is 16.9 Å². The molecule has 0 saturated carbocycles. The molecule has 1 fully saturated rings. The van der Waals surface area contributed by atoms with E-state index in [0.29, 0.717) is 0 Å². The van der Waals surface area contributed by atoms with Crippen LogP contribution in [0.15, 0.2) is 10.5 Å². The Hall–Kier alpha value is -2.78. The second-order valence-corrected chi connectivity index (χ2v) is 7.13. The predicted octanol–water partition coefficient (Wildman–Crippen LogP) is -1.86. The van der Waals surface area contributed by atoms with Crippen LogP contribution in [-0.4, -0.2) is 71.6 Å². The minimum Gasteiger partial charge on any atom is -0.464 e. The Morgan fingerprint density at radius 2 is 2.19 bits per heavy atom. The quantitative estimate of drug-likeness (QED) is 0.148. The fourth-order valence-electron chi connectivity index (χ4n) is 2.22. The first-order valence-electron chi connectivity index (χ1n) is 7.22. The summed E-state index contributed by atoms with van der Waals surface area (Å²) in [4.78, 5) is 44.9. The summed E-state index contributed by atoms with van der Waals surface area (Å²) < 4.78 is 36.3. The first kappa shape index (κ1) is 20.5. The van der Waals surface area contributed by atoms with E-state index in [0.717, 1.165) is 11.3 Å². The van der Waals surface area contributed by atoms with Gasteiger partial charge in [0.2, 0.25) is 0 Å².